The molecule has 0 saturated carbocycles. The Morgan fingerprint density at radius 1 is 1.61 bits per heavy atom. The summed E-state index contributed by atoms with van der Waals surface area (Å²) in [5.41, 5.74) is 7.43. The molecule has 18 heavy (non-hydrogen) atoms. The van der Waals surface area contributed by atoms with Crippen LogP contribution in [0.25, 0.3) is 0 Å². The quantitative estimate of drug-likeness (QED) is 0.810. The molecule has 102 valence electrons. The highest BCUT2D eigenvalue weighted by Crippen LogP contribution is 2.28. The van der Waals surface area contributed by atoms with Gasteiger partial charge in [0.05, 0.1) is 0 Å². The first-order valence-corrected chi connectivity index (χ1v) is 5.97. The molecule has 1 aromatic heterocycles. The number of carbonyl (C=O) groups excluding carboxylic acids is 1. The third kappa shape index (κ3) is 2.84. The molecular weight excluding hydrogens is 252 g/mol. The fourth-order valence-corrected chi connectivity index (χ4v) is 2.24. The van der Waals surface area contributed by atoms with Gasteiger partial charge in [0.1, 0.15) is 5.69 Å². The second-order valence-electron chi connectivity index (χ2n) is 5.55. The molecule has 0 bridgehead atoms. The Balaban J connectivity index is 0.00000162. The van der Waals surface area contributed by atoms with Crippen LogP contribution in [0.2, 0.25) is 0 Å². The summed E-state index contributed by atoms with van der Waals surface area (Å²) in [6.07, 6.45) is 0.849. The summed E-state index contributed by atoms with van der Waals surface area (Å²) in [5.74, 6) is -0.00525. The molecule has 3 N–H and O–H groups in total. The molecule has 6 heteroatoms. The molecule has 0 spiro atoms. The van der Waals surface area contributed by atoms with E-state index in [9.17, 15) is 4.79 Å². The number of rotatable bonds is 1. The Hall–Kier alpha value is -1.07. The number of nitrogens with one attached hydrogen (secondary N) is 1. The van der Waals surface area contributed by atoms with Crippen LogP contribution in [0.5, 0.6) is 0 Å². The Kier molecular flexibility index (Phi) is 4.40. The van der Waals surface area contributed by atoms with Gasteiger partial charge in [-0.25, -0.2) is 0 Å². The van der Waals surface area contributed by atoms with E-state index in [1.54, 1.807) is 6.07 Å². The third-order valence-electron chi connectivity index (χ3n) is 3.52. The Labute approximate surface area is 114 Å². The molecule has 0 aromatic carbocycles. The zero-order valence-electron chi connectivity index (χ0n) is 11.1. The minimum atomic E-state index is -0.0285. The molecule has 5 nitrogen and oxygen atoms in total. The number of hydrogen-bond donors (Lipinski definition) is 2. The number of hydrogen-bond acceptors (Lipinski definition) is 3. The lowest BCUT2D eigenvalue weighted by Gasteiger charge is -2.42. The molecular formula is C12H21ClN4O. The average molecular weight is 273 g/mol. The number of piperidine rings is 1. The number of aryl methyl sites for hydroxylation is 1. The molecule has 0 radical (unpaired) electrons. The molecule has 1 atom stereocenters. The van der Waals surface area contributed by atoms with Crippen molar-refractivity contribution >= 4 is 18.3 Å². The monoisotopic (exact) mass is 272 g/mol. The maximum atomic E-state index is 12.2. The van der Waals surface area contributed by atoms with E-state index in [4.69, 9.17) is 5.73 Å². The molecule has 1 aliphatic heterocycles. The first kappa shape index (κ1) is 15.0. The van der Waals surface area contributed by atoms with Gasteiger partial charge in [-0.15, -0.1) is 12.4 Å². The number of nitrogens with two attached hydrogens (primary N) is 1. The zero-order valence-corrected chi connectivity index (χ0v) is 11.9. The smallest absolute Gasteiger partial charge is 0.274 e. The molecule has 2 heterocycles. The van der Waals surface area contributed by atoms with Crippen molar-refractivity contribution in [2.45, 2.75) is 33.2 Å². The van der Waals surface area contributed by atoms with E-state index < -0.39 is 0 Å². The van der Waals surface area contributed by atoms with Crippen molar-refractivity contribution in [2.24, 2.45) is 11.1 Å². The largest absolute Gasteiger partial charge is 0.337 e. The van der Waals surface area contributed by atoms with Gasteiger partial charge in [-0.3, -0.25) is 9.89 Å². The Morgan fingerprint density at radius 3 is 2.78 bits per heavy atom. The lowest BCUT2D eigenvalue weighted by atomic mass is 9.79. The highest BCUT2D eigenvalue weighted by molar-refractivity contribution is 5.92. The molecule has 1 aromatic rings. The van der Waals surface area contributed by atoms with Crippen molar-refractivity contribution in [3.8, 4) is 0 Å². The predicted molar refractivity (Wildman–Crippen MR) is 72.8 cm³/mol. The lowest BCUT2D eigenvalue weighted by molar-refractivity contribution is 0.0527. The maximum Gasteiger partial charge on any atom is 0.274 e. The van der Waals surface area contributed by atoms with Gasteiger partial charge in [0, 0.05) is 24.8 Å². The molecule has 1 fully saturated rings. The van der Waals surface area contributed by atoms with Gasteiger partial charge in [0.15, 0.2) is 0 Å². The second kappa shape index (κ2) is 5.28. The van der Waals surface area contributed by atoms with Crippen molar-refractivity contribution in [1.29, 1.82) is 0 Å². The van der Waals surface area contributed by atoms with E-state index in [-0.39, 0.29) is 29.8 Å². The van der Waals surface area contributed by atoms with Crippen LogP contribution < -0.4 is 5.73 Å². The number of likely N-dealkylation sites (tertiary alicyclic amines) is 1. The topological polar surface area (TPSA) is 75.0 Å². The summed E-state index contributed by atoms with van der Waals surface area (Å²) in [6.45, 7) is 7.51. The molecule has 2 rings (SSSR count). The molecule has 1 unspecified atom stereocenters. The van der Waals surface area contributed by atoms with Crippen molar-refractivity contribution in [2.75, 3.05) is 13.1 Å². The Morgan fingerprint density at radius 2 is 2.28 bits per heavy atom. The third-order valence-corrected chi connectivity index (χ3v) is 3.52. The van der Waals surface area contributed by atoms with E-state index in [0.717, 1.165) is 18.7 Å². The lowest BCUT2D eigenvalue weighted by Crippen LogP contribution is -2.54. The van der Waals surface area contributed by atoms with Crippen LogP contribution in [0.4, 0.5) is 0 Å². The van der Waals surface area contributed by atoms with Crippen LogP contribution >= 0.6 is 12.4 Å². The molecule has 1 saturated heterocycles. The number of amides is 1. The van der Waals surface area contributed by atoms with Crippen LogP contribution in [-0.2, 0) is 0 Å². The number of aromatic amines is 1. The minimum Gasteiger partial charge on any atom is -0.337 e. The minimum absolute atomic E-state index is 0. The summed E-state index contributed by atoms with van der Waals surface area (Å²) in [7, 11) is 0. The van der Waals surface area contributed by atoms with Crippen LogP contribution in [0, 0.1) is 12.3 Å². The fourth-order valence-electron chi connectivity index (χ4n) is 2.24. The number of nitrogens with zero attached hydrogens (tertiary/aromatic N) is 2. The highest BCUT2D eigenvalue weighted by Gasteiger charge is 2.35. The molecule has 1 aliphatic rings. The SMILES string of the molecule is Cc1cc(C(=O)N2CCC(N)C(C)(C)C2)n[nH]1.Cl. The van der Waals surface area contributed by atoms with Gasteiger partial charge in [0.25, 0.3) is 5.91 Å². The maximum absolute atomic E-state index is 12.2. The summed E-state index contributed by atoms with van der Waals surface area (Å²) in [5, 5.41) is 6.81. The summed E-state index contributed by atoms with van der Waals surface area (Å²) >= 11 is 0. The van der Waals surface area contributed by atoms with E-state index in [1.807, 2.05) is 11.8 Å². The van der Waals surface area contributed by atoms with E-state index in [0.29, 0.717) is 12.2 Å². The van der Waals surface area contributed by atoms with Crippen molar-refractivity contribution in [1.82, 2.24) is 15.1 Å². The van der Waals surface area contributed by atoms with Crippen LogP contribution in [0.15, 0.2) is 6.07 Å². The van der Waals surface area contributed by atoms with Crippen LogP contribution in [-0.4, -0.2) is 40.1 Å². The van der Waals surface area contributed by atoms with Gasteiger partial charge in [-0.05, 0) is 24.8 Å². The van der Waals surface area contributed by atoms with Gasteiger partial charge < -0.3 is 10.6 Å². The first-order chi connectivity index (χ1) is 7.90. The predicted octanol–water partition coefficient (Wildman–Crippen LogP) is 1.34. The van der Waals surface area contributed by atoms with Crippen LogP contribution in [0.1, 0.15) is 36.5 Å². The van der Waals surface area contributed by atoms with Gasteiger partial charge in [-0.1, -0.05) is 13.8 Å². The number of H-pyrrole nitrogens is 1. The number of carbonyl (C=O) groups is 1. The standard InChI is InChI=1S/C12H20N4O.ClH/c1-8-6-9(15-14-8)11(17)16-5-4-10(13)12(2,3)7-16;/h6,10H,4-5,7,13H2,1-3H3,(H,14,15);1H. The zero-order chi connectivity index (χ0) is 12.6. The van der Waals surface area contributed by atoms with Crippen molar-refractivity contribution in [3.63, 3.8) is 0 Å². The fraction of sp³-hybridized carbons (Fsp3) is 0.667. The molecule has 1 amide bonds. The Bertz CT molecular complexity index is 429. The van der Waals surface area contributed by atoms with Crippen molar-refractivity contribution < 1.29 is 4.79 Å². The van der Waals surface area contributed by atoms with E-state index >= 15 is 0 Å². The number of aromatic nitrogens is 2. The van der Waals surface area contributed by atoms with Gasteiger partial charge in [-0.2, -0.15) is 5.10 Å². The molecule has 0 aliphatic carbocycles. The number of halogens is 1. The second-order valence-corrected chi connectivity index (χ2v) is 5.55. The summed E-state index contributed by atoms with van der Waals surface area (Å²) < 4.78 is 0. The average Bonchev–Trinajstić information content (AvgIpc) is 2.68. The normalized spacial score (nSPS) is 22.4. The van der Waals surface area contributed by atoms with E-state index in [2.05, 4.69) is 24.0 Å². The first-order valence-electron chi connectivity index (χ1n) is 5.97. The van der Waals surface area contributed by atoms with Gasteiger partial charge in [0.2, 0.25) is 0 Å². The highest BCUT2D eigenvalue weighted by atomic mass is 35.5. The van der Waals surface area contributed by atoms with E-state index in [1.165, 1.54) is 0 Å². The van der Waals surface area contributed by atoms with Gasteiger partial charge >= 0.3 is 0 Å². The summed E-state index contributed by atoms with van der Waals surface area (Å²) in [4.78, 5) is 14.1. The van der Waals surface area contributed by atoms with Crippen molar-refractivity contribution in [3.05, 3.63) is 17.5 Å². The van der Waals surface area contributed by atoms with Crippen LogP contribution in [0.3, 0.4) is 0 Å². The summed E-state index contributed by atoms with van der Waals surface area (Å²) in [6, 6.07) is 1.94.